The van der Waals surface area contributed by atoms with Gasteiger partial charge in [0.2, 0.25) is 5.95 Å². The van der Waals surface area contributed by atoms with Crippen molar-refractivity contribution in [1.82, 2.24) is 25.4 Å². The normalized spacial score (nSPS) is 23.1. The average molecular weight is 274 g/mol. The summed E-state index contributed by atoms with van der Waals surface area (Å²) < 4.78 is 0. The van der Waals surface area contributed by atoms with Crippen LogP contribution in [0.1, 0.15) is 29.9 Å². The van der Waals surface area contributed by atoms with E-state index in [1.807, 2.05) is 24.8 Å². The van der Waals surface area contributed by atoms with Gasteiger partial charge in [-0.15, -0.1) is 0 Å². The van der Waals surface area contributed by atoms with E-state index >= 15 is 0 Å². The fraction of sp³-hybridized carbons (Fsp3) is 0.538. The van der Waals surface area contributed by atoms with Gasteiger partial charge < -0.3 is 10.0 Å². The largest absolute Gasteiger partial charge is 0.382 e. The van der Waals surface area contributed by atoms with Crippen LogP contribution in [0.4, 0.5) is 5.95 Å². The quantitative estimate of drug-likeness (QED) is 0.837. The number of aryl methyl sites for hydroxylation is 2. The lowest BCUT2D eigenvalue weighted by Crippen LogP contribution is -2.47. The maximum absolute atomic E-state index is 10.8. The number of nitrogens with one attached hydrogen (secondary N) is 1. The van der Waals surface area contributed by atoms with Crippen LogP contribution < -0.4 is 4.90 Å². The maximum Gasteiger partial charge on any atom is 0.225 e. The molecule has 1 aliphatic heterocycles. The highest BCUT2D eigenvalue weighted by atomic mass is 16.3. The first-order chi connectivity index (χ1) is 9.57. The summed E-state index contributed by atoms with van der Waals surface area (Å²) in [5.41, 5.74) is 1.45. The van der Waals surface area contributed by atoms with Crippen molar-refractivity contribution in [2.24, 2.45) is 0 Å². The summed E-state index contributed by atoms with van der Waals surface area (Å²) in [6.45, 7) is 5.17. The third-order valence-electron chi connectivity index (χ3n) is 3.62. The summed E-state index contributed by atoms with van der Waals surface area (Å²) in [6.07, 6.45) is 3.10. The van der Waals surface area contributed by atoms with E-state index in [-0.39, 0.29) is 0 Å². The average Bonchev–Trinajstić information content (AvgIpc) is 2.92. The number of aromatic amines is 1. The van der Waals surface area contributed by atoms with Crippen LogP contribution in [0.5, 0.6) is 0 Å². The summed E-state index contributed by atoms with van der Waals surface area (Å²) in [7, 11) is 0. The Morgan fingerprint density at radius 1 is 1.30 bits per heavy atom. The second-order valence-corrected chi connectivity index (χ2v) is 5.36. The van der Waals surface area contributed by atoms with Crippen molar-refractivity contribution in [3.63, 3.8) is 0 Å². The van der Waals surface area contributed by atoms with Crippen LogP contribution >= 0.6 is 0 Å². The van der Waals surface area contributed by atoms with E-state index in [0.29, 0.717) is 24.6 Å². The van der Waals surface area contributed by atoms with Crippen LogP contribution in [0.25, 0.3) is 0 Å². The van der Waals surface area contributed by atoms with Crippen molar-refractivity contribution in [2.45, 2.75) is 32.3 Å². The number of piperidine rings is 1. The summed E-state index contributed by atoms with van der Waals surface area (Å²) in [5.74, 6) is 0.670. The van der Waals surface area contributed by atoms with Crippen LogP contribution in [0, 0.1) is 13.8 Å². The van der Waals surface area contributed by atoms with Gasteiger partial charge in [-0.2, -0.15) is 15.4 Å². The van der Waals surface area contributed by atoms with Gasteiger partial charge in [-0.05, 0) is 32.8 Å². The van der Waals surface area contributed by atoms with Crippen LogP contribution in [0.2, 0.25) is 0 Å². The Morgan fingerprint density at radius 3 is 2.70 bits per heavy atom. The summed E-state index contributed by atoms with van der Waals surface area (Å²) in [4.78, 5) is 10.9. The molecule has 3 heterocycles. The molecule has 0 saturated carbocycles. The highest BCUT2D eigenvalue weighted by Crippen LogP contribution is 2.31. The van der Waals surface area contributed by atoms with E-state index < -0.39 is 5.60 Å². The lowest BCUT2D eigenvalue weighted by atomic mass is 9.90. The van der Waals surface area contributed by atoms with Crippen LogP contribution in [-0.2, 0) is 5.60 Å². The molecule has 1 aliphatic rings. The van der Waals surface area contributed by atoms with Gasteiger partial charge in [-0.25, -0.2) is 9.97 Å². The number of anilines is 1. The van der Waals surface area contributed by atoms with Crippen molar-refractivity contribution in [2.75, 3.05) is 18.0 Å². The number of aromatic nitrogens is 5. The van der Waals surface area contributed by atoms with E-state index in [2.05, 4.69) is 25.4 Å². The first kappa shape index (κ1) is 13.0. The van der Waals surface area contributed by atoms with E-state index in [1.165, 1.54) is 0 Å². The van der Waals surface area contributed by atoms with Gasteiger partial charge in [0, 0.05) is 17.9 Å². The van der Waals surface area contributed by atoms with E-state index in [0.717, 1.165) is 24.4 Å². The highest BCUT2D eigenvalue weighted by molar-refractivity contribution is 5.35. The summed E-state index contributed by atoms with van der Waals surface area (Å²) >= 11 is 0. The van der Waals surface area contributed by atoms with Gasteiger partial charge in [-0.1, -0.05) is 0 Å². The second-order valence-electron chi connectivity index (χ2n) is 5.36. The molecule has 20 heavy (non-hydrogen) atoms. The molecule has 106 valence electrons. The molecule has 0 amide bonds. The summed E-state index contributed by atoms with van der Waals surface area (Å²) in [6, 6.07) is 1.94. The fourth-order valence-corrected chi connectivity index (χ4v) is 2.69. The van der Waals surface area contributed by atoms with E-state index in [4.69, 9.17) is 0 Å². The SMILES string of the molecule is Cc1cc(C)nc(N2CCCC(O)(c3cn[nH]n3)C2)n1. The van der Waals surface area contributed by atoms with Crippen molar-refractivity contribution in [3.05, 3.63) is 29.3 Å². The smallest absolute Gasteiger partial charge is 0.225 e. The van der Waals surface area contributed by atoms with Gasteiger partial charge in [0.1, 0.15) is 11.3 Å². The molecule has 2 aromatic rings. The minimum absolute atomic E-state index is 0.433. The topological polar surface area (TPSA) is 90.8 Å². The molecular formula is C13H18N6O. The maximum atomic E-state index is 10.8. The Kier molecular flexibility index (Phi) is 3.13. The van der Waals surface area contributed by atoms with Gasteiger partial charge >= 0.3 is 0 Å². The molecule has 7 nitrogen and oxygen atoms in total. The standard InChI is InChI=1S/C13H18N6O/c1-9-6-10(2)16-12(15-9)19-5-3-4-13(20,8-19)11-7-14-18-17-11/h6-7,20H,3-5,8H2,1-2H3,(H,14,17,18). The molecule has 0 spiro atoms. The Hall–Kier alpha value is -2.02. The zero-order valence-corrected chi connectivity index (χ0v) is 11.7. The van der Waals surface area contributed by atoms with E-state index in [1.54, 1.807) is 6.20 Å². The third-order valence-corrected chi connectivity index (χ3v) is 3.62. The zero-order valence-electron chi connectivity index (χ0n) is 11.7. The predicted octanol–water partition coefficient (Wildman–Crippen LogP) is 0.700. The lowest BCUT2D eigenvalue weighted by Gasteiger charge is -2.38. The number of hydrogen-bond donors (Lipinski definition) is 2. The summed E-state index contributed by atoms with van der Waals surface area (Å²) in [5, 5.41) is 21.1. The Bertz CT molecular complexity index is 579. The Labute approximate surface area is 117 Å². The molecule has 7 heteroatoms. The minimum atomic E-state index is -0.994. The lowest BCUT2D eigenvalue weighted by molar-refractivity contribution is 0.0172. The number of hydrogen-bond acceptors (Lipinski definition) is 6. The predicted molar refractivity (Wildman–Crippen MR) is 73.2 cm³/mol. The molecule has 1 fully saturated rings. The van der Waals surface area contributed by atoms with E-state index in [9.17, 15) is 5.11 Å². The molecule has 1 saturated heterocycles. The number of rotatable bonds is 2. The van der Waals surface area contributed by atoms with Crippen molar-refractivity contribution >= 4 is 5.95 Å². The minimum Gasteiger partial charge on any atom is -0.382 e. The molecule has 1 atom stereocenters. The zero-order chi connectivity index (χ0) is 14.2. The fourth-order valence-electron chi connectivity index (χ4n) is 2.69. The number of H-pyrrole nitrogens is 1. The molecule has 2 N–H and O–H groups in total. The van der Waals surface area contributed by atoms with Crippen molar-refractivity contribution < 1.29 is 5.11 Å². The monoisotopic (exact) mass is 274 g/mol. The molecule has 0 bridgehead atoms. The van der Waals surface area contributed by atoms with Crippen LogP contribution in [0.3, 0.4) is 0 Å². The van der Waals surface area contributed by atoms with Crippen molar-refractivity contribution in [3.8, 4) is 0 Å². The molecule has 0 radical (unpaired) electrons. The molecule has 1 unspecified atom stereocenters. The first-order valence-corrected chi connectivity index (χ1v) is 6.73. The van der Waals surface area contributed by atoms with Gasteiger partial charge in [-0.3, -0.25) is 0 Å². The third kappa shape index (κ3) is 2.36. The molecule has 3 rings (SSSR count). The Balaban J connectivity index is 1.88. The molecular weight excluding hydrogens is 256 g/mol. The number of β-amino-alcohol motifs (C(OH)–C–C–N with tert-alkyl or cyclic N) is 1. The van der Waals surface area contributed by atoms with Gasteiger partial charge in [0.25, 0.3) is 0 Å². The highest BCUT2D eigenvalue weighted by Gasteiger charge is 2.38. The van der Waals surface area contributed by atoms with Crippen LogP contribution in [0.15, 0.2) is 12.3 Å². The van der Waals surface area contributed by atoms with Crippen molar-refractivity contribution in [1.29, 1.82) is 0 Å². The first-order valence-electron chi connectivity index (χ1n) is 6.73. The number of aliphatic hydroxyl groups is 1. The van der Waals surface area contributed by atoms with Crippen LogP contribution in [-0.4, -0.2) is 43.6 Å². The second kappa shape index (κ2) is 4.82. The molecule has 0 aromatic carbocycles. The van der Waals surface area contributed by atoms with Gasteiger partial charge in [0.05, 0.1) is 12.7 Å². The molecule has 0 aliphatic carbocycles. The van der Waals surface area contributed by atoms with Gasteiger partial charge in [0.15, 0.2) is 0 Å². The molecule has 2 aromatic heterocycles. The number of nitrogens with zero attached hydrogens (tertiary/aromatic N) is 5. The Morgan fingerprint density at radius 2 is 2.05 bits per heavy atom.